The van der Waals surface area contributed by atoms with Crippen LogP contribution in [0.25, 0.3) is 0 Å². The fourth-order valence-corrected chi connectivity index (χ4v) is 4.20. The van der Waals surface area contributed by atoms with E-state index in [1.807, 2.05) is 60.4 Å². The molecule has 0 bridgehead atoms. The summed E-state index contributed by atoms with van der Waals surface area (Å²) in [6.45, 7) is 3.28. The normalized spacial score (nSPS) is 13.9. The average molecular weight is 439 g/mol. The molecule has 3 aromatic rings. The summed E-state index contributed by atoms with van der Waals surface area (Å²) < 4.78 is 0. The van der Waals surface area contributed by atoms with Gasteiger partial charge >= 0.3 is 0 Å². The quantitative estimate of drug-likeness (QED) is 0.637. The molecule has 0 radical (unpaired) electrons. The lowest BCUT2D eigenvalue weighted by molar-refractivity contribution is -0.115. The van der Waals surface area contributed by atoms with Crippen molar-refractivity contribution in [2.45, 2.75) is 32.1 Å². The summed E-state index contributed by atoms with van der Waals surface area (Å²) in [6, 6.07) is 19.0. The first-order valence-electron chi connectivity index (χ1n) is 11.1. The highest BCUT2D eigenvalue weighted by Crippen LogP contribution is 2.29. The van der Waals surface area contributed by atoms with Gasteiger partial charge in [-0.3, -0.25) is 14.6 Å². The highest BCUT2D eigenvalue weighted by molar-refractivity contribution is 5.98. The van der Waals surface area contributed by atoms with Gasteiger partial charge in [-0.1, -0.05) is 18.2 Å². The van der Waals surface area contributed by atoms with Gasteiger partial charge in [-0.25, -0.2) is 0 Å². The van der Waals surface area contributed by atoms with Crippen molar-refractivity contribution in [3.05, 3.63) is 94.8 Å². The summed E-state index contributed by atoms with van der Waals surface area (Å²) in [5.41, 5.74) is 4.92. The van der Waals surface area contributed by atoms with Crippen LogP contribution in [0.5, 0.6) is 0 Å². The predicted molar refractivity (Wildman–Crippen MR) is 127 cm³/mol. The maximum Gasteiger partial charge on any atom is 0.253 e. The maximum absolute atomic E-state index is 13.1. The fraction of sp³-hybridized carbons (Fsp3) is 0.259. The maximum atomic E-state index is 13.1. The zero-order chi connectivity index (χ0) is 23.2. The number of nitrogens with zero attached hydrogens (tertiary/aromatic N) is 3. The van der Waals surface area contributed by atoms with Gasteiger partial charge in [-0.05, 0) is 78.8 Å². The highest BCUT2D eigenvalue weighted by Gasteiger charge is 2.25. The summed E-state index contributed by atoms with van der Waals surface area (Å²) in [4.78, 5) is 31.5. The number of nitriles is 1. The lowest BCUT2D eigenvalue weighted by Crippen LogP contribution is -2.38. The second kappa shape index (κ2) is 10.1. The van der Waals surface area contributed by atoms with Gasteiger partial charge in [0.05, 0.1) is 18.1 Å². The number of carbonyl (C=O) groups is 2. The Hall–Kier alpha value is -3.98. The van der Waals surface area contributed by atoms with Gasteiger partial charge in [0.2, 0.25) is 5.91 Å². The predicted octanol–water partition coefficient (Wildman–Crippen LogP) is 4.46. The Kier molecular flexibility index (Phi) is 6.80. The van der Waals surface area contributed by atoms with Gasteiger partial charge < -0.3 is 10.2 Å². The Morgan fingerprint density at radius 1 is 1.06 bits per heavy atom. The monoisotopic (exact) mass is 438 g/mol. The number of anilines is 1. The number of aromatic nitrogens is 1. The molecule has 1 fully saturated rings. The summed E-state index contributed by atoms with van der Waals surface area (Å²) in [6.07, 6.45) is 5.36. The van der Waals surface area contributed by atoms with Crippen LogP contribution < -0.4 is 5.32 Å². The van der Waals surface area contributed by atoms with E-state index in [0.29, 0.717) is 35.8 Å². The van der Waals surface area contributed by atoms with E-state index >= 15 is 0 Å². The molecule has 6 heteroatoms. The van der Waals surface area contributed by atoms with Gasteiger partial charge in [0.15, 0.2) is 0 Å². The highest BCUT2D eigenvalue weighted by atomic mass is 16.2. The Morgan fingerprint density at radius 3 is 2.42 bits per heavy atom. The number of carbonyl (C=O) groups excluding carboxylic acids is 2. The Bertz CT molecular complexity index is 1170. The Morgan fingerprint density at radius 2 is 1.76 bits per heavy atom. The number of piperidine rings is 1. The van der Waals surface area contributed by atoms with Gasteiger partial charge in [0.1, 0.15) is 0 Å². The minimum Gasteiger partial charge on any atom is -0.339 e. The zero-order valence-corrected chi connectivity index (χ0v) is 18.6. The van der Waals surface area contributed by atoms with Crippen molar-refractivity contribution in [2.24, 2.45) is 0 Å². The molecule has 1 aliphatic rings. The Labute approximate surface area is 193 Å². The first-order valence-corrected chi connectivity index (χ1v) is 11.1. The molecule has 2 heterocycles. The van der Waals surface area contributed by atoms with E-state index in [0.717, 1.165) is 24.0 Å². The van der Waals surface area contributed by atoms with E-state index in [1.54, 1.807) is 18.5 Å². The minimum atomic E-state index is -0.128. The number of rotatable bonds is 5. The fourth-order valence-electron chi connectivity index (χ4n) is 4.20. The molecule has 6 nitrogen and oxygen atoms in total. The number of aryl methyl sites for hydroxylation is 1. The van der Waals surface area contributed by atoms with Crippen LogP contribution in [0.3, 0.4) is 0 Å². The first kappa shape index (κ1) is 22.2. The summed E-state index contributed by atoms with van der Waals surface area (Å²) in [5.74, 6) is 0.248. The van der Waals surface area contributed by atoms with Gasteiger partial charge in [-0.2, -0.15) is 5.26 Å². The number of hydrogen-bond acceptors (Lipinski definition) is 4. The molecular weight excluding hydrogens is 412 g/mol. The van der Waals surface area contributed by atoms with Crippen molar-refractivity contribution in [3.8, 4) is 6.07 Å². The number of hydrogen-bond donors (Lipinski definition) is 1. The third-order valence-electron chi connectivity index (χ3n) is 6.17. The molecule has 0 spiro atoms. The molecule has 0 saturated carbocycles. The zero-order valence-electron chi connectivity index (χ0n) is 18.6. The number of likely N-dealkylation sites (tertiary alicyclic amines) is 1. The van der Waals surface area contributed by atoms with E-state index in [-0.39, 0.29) is 18.2 Å². The van der Waals surface area contributed by atoms with E-state index < -0.39 is 0 Å². The number of amides is 2. The smallest absolute Gasteiger partial charge is 0.253 e. The first-order chi connectivity index (χ1) is 16.0. The summed E-state index contributed by atoms with van der Waals surface area (Å²) >= 11 is 0. The van der Waals surface area contributed by atoms with Crippen LogP contribution >= 0.6 is 0 Å². The molecule has 33 heavy (non-hydrogen) atoms. The van der Waals surface area contributed by atoms with Crippen LogP contribution in [0.4, 0.5) is 5.69 Å². The molecule has 166 valence electrons. The van der Waals surface area contributed by atoms with E-state index in [9.17, 15) is 9.59 Å². The van der Waals surface area contributed by atoms with Crippen LogP contribution in [0.1, 0.15) is 51.4 Å². The SMILES string of the molecule is Cc1ccc(C(=O)N2CCC(c3ccc(C#N)cc3)CC2)cc1NC(=O)Cc1ccncc1. The van der Waals surface area contributed by atoms with Crippen molar-refractivity contribution in [3.63, 3.8) is 0 Å². The lowest BCUT2D eigenvalue weighted by atomic mass is 9.89. The Balaban J connectivity index is 1.38. The summed E-state index contributed by atoms with van der Waals surface area (Å²) in [5, 5.41) is 11.9. The molecule has 0 aliphatic carbocycles. The molecule has 1 N–H and O–H groups in total. The topological polar surface area (TPSA) is 86.1 Å². The number of pyridine rings is 1. The minimum absolute atomic E-state index is 0.0158. The molecule has 2 aromatic carbocycles. The molecule has 0 atom stereocenters. The standard InChI is InChI=1S/C27H26N4O2/c1-19-2-5-24(17-25(19)30-26(32)16-20-8-12-29-13-9-20)27(33)31-14-10-23(11-15-31)22-6-3-21(18-28)4-7-22/h2-9,12-13,17,23H,10-11,14-16H2,1H3,(H,30,32). The van der Waals surface area contributed by atoms with E-state index in [4.69, 9.17) is 5.26 Å². The van der Waals surface area contributed by atoms with E-state index in [1.165, 1.54) is 5.56 Å². The summed E-state index contributed by atoms with van der Waals surface area (Å²) in [7, 11) is 0. The largest absolute Gasteiger partial charge is 0.339 e. The van der Waals surface area contributed by atoms with Crippen molar-refractivity contribution in [2.75, 3.05) is 18.4 Å². The van der Waals surface area contributed by atoms with Crippen molar-refractivity contribution < 1.29 is 9.59 Å². The molecule has 2 amide bonds. The molecule has 1 saturated heterocycles. The lowest BCUT2D eigenvalue weighted by Gasteiger charge is -2.32. The molecule has 1 aromatic heterocycles. The average Bonchev–Trinajstić information content (AvgIpc) is 2.86. The third kappa shape index (κ3) is 5.45. The van der Waals surface area contributed by atoms with Gasteiger partial charge in [-0.15, -0.1) is 0 Å². The second-order valence-electron chi connectivity index (χ2n) is 8.41. The van der Waals surface area contributed by atoms with Crippen LogP contribution in [-0.2, 0) is 11.2 Å². The van der Waals surface area contributed by atoms with Crippen molar-refractivity contribution in [1.29, 1.82) is 5.26 Å². The second-order valence-corrected chi connectivity index (χ2v) is 8.41. The van der Waals surface area contributed by atoms with E-state index in [2.05, 4.69) is 16.4 Å². The van der Waals surface area contributed by atoms with Gasteiger partial charge in [0.25, 0.3) is 5.91 Å². The van der Waals surface area contributed by atoms with Crippen molar-refractivity contribution >= 4 is 17.5 Å². The number of benzene rings is 2. The van der Waals surface area contributed by atoms with Crippen LogP contribution in [0, 0.1) is 18.3 Å². The van der Waals surface area contributed by atoms with Crippen LogP contribution in [-0.4, -0.2) is 34.8 Å². The molecular formula is C27H26N4O2. The molecule has 4 rings (SSSR count). The number of nitrogens with one attached hydrogen (secondary N) is 1. The molecule has 1 aliphatic heterocycles. The van der Waals surface area contributed by atoms with Gasteiger partial charge in [0, 0.05) is 36.7 Å². The molecule has 0 unspecified atom stereocenters. The van der Waals surface area contributed by atoms with Crippen molar-refractivity contribution in [1.82, 2.24) is 9.88 Å². The third-order valence-corrected chi connectivity index (χ3v) is 6.17. The van der Waals surface area contributed by atoms with Crippen LogP contribution in [0.15, 0.2) is 67.0 Å². The van der Waals surface area contributed by atoms with Crippen LogP contribution in [0.2, 0.25) is 0 Å².